The number of aromatic hydroxyl groups is 1. The number of piperidine rings is 1. The van der Waals surface area contributed by atoms with Crippen LogP contribution in [0.5, 0.6) is 5.75 Å². The zero-order valence-corrected chi connectivity index (χ0v) is 12.4. The van der Waals surface area contributed by atoms with Crippen molar-refractivity contribution in [2.24, 2.45) is 0 Å². The molecule has 3 nitrogen and oxygen atoms in total. The Morgan fingerprint density at radius 3 is 2.78 bits per heavy atom. The van der Waals surface area contributed by atoms with Crippen LogP contribution in [0.3, 0.4) is 0 Å². The van der Waals surface area contributed by atoms with E-state index in [1.54, 1.807) is 0 Å². The van der Waals surface area contributed by atoms with Gasteiger partial charge in [-0.05, 0) is 54.5 Å². The lowest BCUT2D eigenvalue weighted by molar-refractivity contribution is 0.205. The number of benzene rings is 1. The van der Waals surface area contributed by atoms with Gasteiger partial charge in [-0.2, -0.15) is 0 Å². The topological polar surface area (TPSA) is 35.5 Å². The number of phenols is 1. The number of phenolic OH excluding ortho intramolecular Hbond substituents is 1. The third-order valence-electron chi connectivity index (χ3n) is 3.69. The lowest BCUT2D eigenvalue weighted by Crippen LogP contribution is -2.42. The molecule has 1 heterocycles. The van der Waals surface area contributed by atoms with Gasteiger partial charge in [-0.25, -0.2) is 0 Å². The number of rotatable bonds is 4. The van der Waals surface area contributed by atoms with Crippen molar-refractivity contribution >= 4 is 15.9 Å². The lowest BCUT2D eigenvalue weighted by Gasteiger charge is -2.31. The van der Waals surface area contributed by atoms with Crippen LogP contribution in [0.1, 0.15) is 25.3 Å². The van der Waals surface area contributed by atoms with E-state index in [1.807, 2.05) is 18.2 Å². The predicted molar refractivity (Wildman–Crippen MR) is 77.8 cm³/mol. The fourth-order valence-electron chi connectivity index (χ4n) is 2.41. The van der Waals surface area contributed by atoms with Gasteiger partial charge in [-0.1, -0.05) is 19.1 Å². The van der Waals surface area contributed by atoms with Gasteiger partial charge in [0.15, 0.2) is 0 Å². The van der Waals surface area contributed by atoms with Crippen molar-refractivity contribution in [3.8, 4) is 5.75 Å². The number of nitrogens with one attached hydrogen (secondary N) is 1. The van der Waals surface area contributed by atoms with Crippen molar-refractivity contribution in [3.63, 3.8) is 0 Å². The molecule has 0 bridgehead atoms. The molecule has 1 fully saturated rings. The number of para-hydroxylation sites is 1. The van der Waals surface area contributed by atoms with Gasteiger partial charge < -0.3 is 15.3 Å². The van der Waals surface area contributed by atoms with Crippen molar-refractivity contribution in [3.05, 3.63) is 28.2 Å². The minimum Gasteiger partial charge on any atom is -0.506 e. The first kappa shape index (κ1) is 13.8. The molecule has 0 unspecified atom stereocenters. The first-order valence-electron chi connectivity index (χ1n) is 6.62. The van der Waals surface area contributed by atoms with Crippen LogP contribution in [-0.2, 0) is 6.54 Å². The average molecular weight is 313 g/mol. The van der Waals surface area contributed by atoms with Crippen LogP contribution in [-0.4, -0.2) is 35.7 Å². The minimum atomic E-state index is 0.357. The van der Waals surface area contributed by atoms with Gasteiger partial charge in [0, 0.05) is 18.2 Å². The van der Waals surface area contributed by atoms with Crippen molar-refractivity contribution in [2.75, 3.05) is 19.6 Å². The average Bonchev–Trinajstić information content (AvgIpc) is 2.41. The van der Waals surface area contributed by atoms with Gasteiger partial charge in [-0.15, -0.1) is 0 Å². The normalized spacial score (nSPS) is 18.1. The third-order valence-corrected chi connectivity index (χ3v) is 4.33. The first-order valence-corrected chi connectivity index (χ1v) is 7.42. The third kappa shape index (κ3) is 3.46. The van der Waals surface area contributed by atoms with Crippen LogP contribution >= 0.6 is 15.9 Å². The van der Waals surface area contributed by atoms with Crippen LogP contribution < -0.4 is 5.32 Å². The highest BCUT2D eigenvalue weighted by molar-refractivity contribution is 9.10. The maximum atomic E-state index is 9.91. The summed E-state index contributed by atoms with van der Waals surface area (Å²) in [6.45, 7) is 6.46. The van der Waals surface area contributed by atoms with Gasteiger partial charge >= 0.3 is 0 Å². The van der Waals surface area contributed by atoms with E-state index >= 15 is 0 Å². The fraction of sp³-hybridized carbons (Fsp3) is 0.571. The lowest BCUT2D eigenvalue weighted by atomic mass is 10.0. The molecule has 1 aromatic carbocycles. The van der Waals surface area contributed by atoms with Gasteiger partial charge in [0.2, 0.25) is 0 Å². The Morgan fingerprint density at radius 1 is 1.39 bits per heavy atom. The zero-order valence-electron chi connectivity index (χ0n) is 10.8. The molecule has 1 aromatic rings. The molecule has 1 aliphatic heterocycles. The van der Waals surface area contributed by atoms with Gasteiger partial charge in [0.1, 0.15) is 5.75 Å². The molecule has 100 valence electrons. The van der Waals surface area contributed by atoms with Crippen molar-refractivity contribution < 1.29 is 5.11 Å². The Kier molecular flexibility index (Phi) is 5.03. The summed E-state index contributed by atoms with van der Waals surface area (Å²) in [5, 5.41) is 13.5. The Labute approximate surface area is 117 Å². The Hall–Kier alpha value is -0.580. The van der Waals surface area contributed by atoms with E-state index in [0.717, 1.165) is 23.1 Å². The zero-order chi connectivity index (χ0) is 13.0. The van der Waals surface area contributed by atoms with Crippen molar-refractivity contribution in [2.45, 2.75) is 32.4 Å². The van der Waals surface area contributed by atoms with E-state index in [9.17, 15) is 5.11 Å². The SMILES string of the molecule is CCN1CCC(NCc2cccc(Br)c2O)CC1. The maximum absolute atomic E-state index is 9.91. The summed E-state index contributed by atoms with van der Waals surface area (Å²) in [6, 6.07) is 6.36. The van der Waals surface area contributed by atoms with Crippen LogP contribution in [0, 0.1) is 0 Å². The van der Waals surface area contributed by atoms with Crippen LogP contribution in [0.25, 0.3) is 0 Å². The Balaban J connectivity index is 1.83. The second-order valence-corrected chi connectivity index (χ2v) is 5.69. The Bertz CT molecular complexity index is 389. The van der Waals surface area contributed by atoms with Crippen LogP contribution in [0.2, 0.25) is 0 Å². The van der Waals surface area contributed by atoms with Crippen molar-refractivity contribution in [1.29, 1.82) is 0 Å². The summed E-state index contributed by atoms with van der Waals surface area (Å²) in [5.74, 6) is 0.357. The quantitative estimate of drug-likeness (QED) is 0.897. The van der Waals surface area contributed by atoms with Crippen LogP contribution in [0.4, 0.5) is 0 Å². The molecule has 1 saturated heterocycles. The summed E-state index contributed by atoms with van der Waals surface area (Å²) in [4.78, 5) is 2.48. The number of likely N-dealkylation sites (tertiary alicyclic amines) is 1. The molecule has 18 heavy (non-hydrogen) atoms. The molecule has 4 heteroatoms. The molecule has 0 atom stereocenters. The van der Waals surface area contributed by atoms with Crippen LogP contribution in [0.15, 0.2) is 22.7 Å². The maximum Gasteiger partial charge on any atom is 0.134 e. The van der Waals surface area contributed by atoms with E-state index in [2.05, 4.69) is 33.1 Å². The number of hydrogen-bond acceptors (Lipinski definition) is 3. The molecule has 0 aliphatic carbocycles. The van der Waals surface area contributed by atoms with E-state index in [-0.39, 0.29) is 0 Å². The molecule has 0 aromatic heterocycles. The molecule has 0 radical (unpaired) electrons. The number of hydrogen-bond donors (Lipinski definition) is 2. The minimum absolute atomic E-state index is 0.357. The molecule has 2 N–H and O–H groups in total. The molecule has 0 amide bonds. The standard InChI is InChI=1S/C14H21BrN2O/c1-2-17-8-6-12(7-9-17)16-10-11-4-3-5-13(15)14(11)18/h3-5,12,16,18H,2,6-10H2,1H3. The highest BCUT2D eigenvalue weighted by Crippen LogP contribution is 2.27. The fourth-order valence-corrected chi connectivity index (χ4v) is 2.82. The number of nitrogens with zero attached hydrogens (tertiary/aromatic N) is 1. The molecular formula is C14H21BrN2O. The number of halogens is 1. The monoisotopic (exact) mass is 312 g/mol. The summed E-state index contributed by atoms with van der Waals surface area (Å²) in [6.07, 6.45) is 2.39. The summed E-state index contributed by atoms with van der Waals surface area (Å²) < 4.78 is 0.766. The predicted octanol–water partition coefficient (Wildman–Crippen LogP) is 2.73. The van der Waals surface area contributed by atoms with E-state index < -0.39 is 0 Å². The van der Waals surface area contributed by atoms with E-state index in [4.69, 9.17) is 0 Å². The molecule has 1 aliphatic rings. The first-order chi connectivity index (χ1) is 8.70. The summed E-state index contributed by atoms with van der Waals surface area (Å²) >= 11 is 3.34. The Morgan fingerprint density at radius 2 is 2.11 bits per heavy atom. The van der Waals surface area contributed by atoms with Gasteiger partial charge in [0.05, 0.1) is 4.47 Å². The molecule has 0 spiro atoms. The summed E-state index contributed by atoms with van der Waals surface area (Å²) in [5.41, 5.74) is 0.960. The second-order valence-electron chi connectivity index (χ2n) is 4.84. The molecule has 0 saturated carbocycles. The van der Waals surface area contributed by atoms with Gasteiger partial charge in [-0.3, -0.25) is 0 Å². The van der Waals surface area contributed by atoms with Crippen molar-refractivity contribution in [1.82, 2.24) is 10.2 Å². The largest absolute Gasteiger partial charge is 0.506 e. The van der Waals surface area contributed by atoms with E-state index in [0.29, 0.717) is 11.8 Å². The highest BCUT2D eigenvalue weighted by Gasteiger charge is 2.17. The summed E-state index contributed by atoms with van der Waals surface area (Å²) in [7, 11) is 0. The van der Waals surface area contributed by atoms with E-state index in [1.165, 1.54) is 25.9 Å². The molecule has 2 rings (SSSR count). The smallest absolute Gasteiger partial charge is 0.134 e. The molecular weight excluding hydrogens is 292 g/mol. The highest BCUT2D eigenvalue weighted by atomic mass is 79.9. The second kappa shape index (κ2) is 6.55. The van der Waals surface area contributed by atoms with Gasteiger partial charge in [0.25, 0.3) is 0 Å².